The largest absolute Gasteiger partial charge is 0.374 e. The van der Waals surface area contributed by atoms with Crippen LogP contribution in [0.4, 0.5) is 5.82 Å². The lowest BCUT2D eigenvalue weighted by molar-refractivity contribution is -0.136. The highest BCUT2D eigenvalue weighted by atomic mass is 28.2. The number of Topliss-reactive ketones (excluding diaryl/α,β-unsaturated/α-hetero) is 1. The highest BCUT2D eigenvalue weighted by molar-refractivity contribution is 6.56. The van der Waals surface area contributed by atoms with Crippen molar-refractivity contribution in [2.75, 3.05) is 4.90 Å². The Morgan fingerprint density at radius 1 is 1.00 bits per heavy atom. The molecule has 1 spiro atoms. The summed E-state index contributed by atoms with van der Waals surface area (Å²) in [6.45, 7) is 12.8. The van der Waals surface area contributed by atoms with Gasteiger partial charge in [-0.2, -0.15) is 4.98 Å². The van der Waals surface area contributed by atoms with E-state index in [-0.39, 0.29) is 22.7 Å². The summed E-state index contributed by atoms with van der Waals surface area (Å²) in [6.07, 6.45) is -0.332. The summed E-state index contributed by atoms with van der Waals surface area (Å²) in [7, 11) is -1.05. The monoisotopic (exact) mass is 539 g/mol. The van der Waals surface area contributed by atoms with Crippen LogP contribution in [-0.4, -0.2) is 64.9 Å². The number of hydrogen-bond acceptors (Lipinski definition) is 8. The van der Waals surface area contributed by atoms with Crippen molar-refractivity contribution in [3.05, 3.63) is 58.1 Å². The van der Waals surface area contributed by atoms with Gasteiger partial charge in [0.1, 0.15) is 26.7 Å². The van der Waals surface area contributed by atoms with Gasteiger partial charge in [-0.05, 0) is 53.7 Å². The van der Waals surface area contributed by atoms with Crippen LogP contribution in [0.25, 0.3) is 0 Å². The van der Waals surface area contributed by atoms with Gasteiger partial charge in [0.15, 0.2) is 12.0 Å². The zero-order valence-electron chi connectivity index (χ0n) is 22.7. The second-order valence-electron chi connectivity index (χ2n) is 12.1. The maximum Gasteiger partial charge on any atom is 0.351 e. The quantitative estimate of drug-likeness (QED) is 0.532. The van der Waals surface area contributed by atoms with Gasteiger partial charge in [-0.25, -0.2) is 9.69 Å². The molecule has 11 heteroatoms. The van der Waals surface area contributed by atoms with Gasteiger partial charge in [0, 0.05) is 18.7 Å². The lowest BCUT2D eigenvalue weighted by atomic mass is 9.87. The first-order valence-electron chi connectivity index (χ1n) is 12.7. The molecule has 5 atom stereocenters. The summed E-state index contributed by atoms with van der Waals surface area (Å²) in [5.41, 5.74) is -1.87. The number of amides is 2. The zero-order chi connectivity index (χ0) is 27.8. The third-order valence-electron chi connectivity index (χ3n) is 6.88. The van der Waals surface area contributed by atoms with E-state index in [0.29, 0.717) is 0 Å². The Morgan fingerprint density at radius 2 is 1.63 bits per heavy atom. The molecule has 1 unspecified atom stereocenters. The summed E-state index contributed by atoms with van der Waals surface area (Å²) < 4.78 is 20.8. The highest BCUT2D eigenvalue weighted by Crippen LogP contribution is 2.55. The molecule has 0 radical (unpaired) electrons. The summed E-state index contributed by atoms with van der Waals surface area (Å²) in [5, 5.41) is -0.835. The van der Waals surface area contributed by atoms with Crippen LogP contribution in [0.1, 0.15) is 75.4 Å². The van der Waals surface area contributed by atoms with Gasteiger partial charge < -0.3 is 14.2 Å². The molecule has 2 saturated heterocycles. The van der Waals surface area contributed by atoms with E-state index < -0.39 is 67.5 Å². The first kappa shape index (κ1) is 26.6. The number of carbonyl (C=O) groups excluding carboxylic acids is 3. The first-order valence-corrected chi connectivity index (χ1v) is 14.3. The molecular formula is C27H33N3O7Si. The molecule has 2 fully saturated rings. The number of aromatic nitrogens is 2. The maximum absolute atomic E-state index is 14.4. The average Bonchev–Trinajstić information content (AvgIpc) is 3.37. The molecule has 6 rings (SSSR count). The van der Waals surface area contributed by atoms with Crippen molar-refractivity contribution in [2.45, 2.75) is 83.0 Å². The Morgan fingerprint density at radius 3 is 2.21 bits per heavy atom. The third-order valence-corrected chi connectivity index (χ3v) is 9.17. The van der Waals surface area contributed by atoms with E-state index in [1.54, 1.807) is 18.2 Å². The number of fused-ring (bicyclic) bond motifs is 3. The average molecular weight is 540 g/mol. The minimum atomic E-state index is -1.05. The fourth-order valence-corrected chi connectivity index (χ4v) is 7.70. The second-order valence-corrected chi connectivity index (χ2v) is 14.4. The van der Waals surface area contributed by atoms with Gasteiger partial charge in [-0.3, -0.25) is 19.0 Å². The van der Waals surface area contributed by atoms with Crippen LogP contribution >= 0.6 is 0 Å². The van der Waals surface area contributed by atoms with E-state index >= 15 is 0 Å². The smallest absolute Gasteiger partial charge is 0.351 e. The van der Waals surface area contributed by atoms with Crippen molar-refractivity contribution in [2.24, 2.45) is 5.92 Å². The Kier molecular flexibility index (Phi) is 6.14. The topological polar surface area (TPSA) is 117 Å². The zero-order valence-corrected chi connectivity index (χ0v) is 24.1. The molecule has 0 aliphatic carbocycles. The van der Waals surface area contributed by atoms with Crippen LogP contribution in [0.3, 0.4) is 0 Å². The molecule has 4 aliphatic heterocycles. The Hall–Kier alpha value is -2.99. The highest BCUT2D eigenvalue weighted by Gasteiger charge is 2.73. The van der Waals surface area contributed by atoms with Gasteiger partial charge in [-0.15, -0.1) is 0 Å². The van der Waals surface area contributed by atoms with Gasteiger partial charge in [0.05, 0.1) is 28.4 Å². The number of nitrogens with zero attached hydrogens (tertiary/aromatic N) is 3. The predicted molar refractivity (Wildman–Crippen MR) is 141 cm³/mol. The molecule has 1 aromatic carbocycles. The number of ketones is 1. The molecule has 202 valence electrons. The number of hydrogen-bond donors (Lipinski definition) is 0. The van der Waals surface area contributed by atoms with Crippen molar-refractivity contribution in [1.29, 1.82) is 0 Å². The molecule has 4 aliphatic rings. The molecule has 5 heterocycles. The van der Waals surface area contributed by atoms with Gasteiger partial charge in [-0.1, -0.05) is 18.2 Å². The molecule has 38 heavy (non-hydrogen) atoms. The number of benzene rings is 1. The summed E-state index contributed by atoms with van der Waals surface area (Å²) >= 11 is 0. The molecule has 1 aromatic heterocycles. The van der Waals surface area contributed by atoms with Crippen molar-refractivity contribution in [3.8, 4) is 0 Å². The molecule has 2 bridgehead atoms. The van der Waals surface area contributed by atoms with Crippen LogP contribution in [-0.2, 0) is 19.0 Å². The van der Waals surface area contributed by atoms with Gasteiger partial charge in [0.2, 0.25) is 5.91 Å². The van der Waals surface area contributed by atoms with E-state index in [2.05, 4.69) is 4.98 Å². The number of anilines is 1. The SMILES string of the molecule is CC(=O)N1C(=O)c2ccccc2C(=O)[C@H]2[C@@H](O[C@@]3([SiH2]C3OC(C)(C)C)[C@H]2OC(C)(C)C)n2ccc1nc2=O. The molecule has 2 aromatic rings. The molecule has 0 N–H and O–H groups in total. The van der Waals surface area contributed by atoms with Gasteiger partial charge >= 0.3 is 5.69 Å². The number of rotatable bonds is 2. The van der Waals surface area contributed by atoms with Crippen molar-refractivity contribution < 1.29 is 28.6 Å². The summed E-state index contributed by atoms with van der Waals surface area (Å²) in [6, 6.07) is 7.76. The number of imide groups is 1. The van der Waals surface area contributed by atoms with Crippen molar-refractivity contribution >= 4 is 32.9 Å². The Bertz CT molecular complexity index is 1390. The van der Waals surface area contributed by atoms with Crippen LogP contribution in [0.15, 0.2) is 41.3 Å². The normalized spacial score (nSPS) is 29.4. The molecule has 2 amide bonds. The summed E-state index contributed by atoms with van der Waals surface area (Å²) in [5.74, 6) is -2.84. The molecule has 10 nitrogen and oxygen atoms in total. The Balaban J connectivity index is 1.74. The standard InChI is InChI=1S/C27H33N3O7Si/c1-14(31)30-17-12-13-29(24(34)28-17)22-18(19(32)15-10-8-9-11-16(15)21(30)33)20(35-25(2,3)4)27(36-22)23(38-27)37-26(5,6)7/h8-13,18,20,22-23H,38H2,1-7H3/t18-,20+,22-,23?,27-/m1/s1. The van der Waals surface area contributed by atoms with Crippen LogP contribution in [0.2, 0.25) is 0 Å². The fourth-order valence-electron chi connectivity index (χ4n) is 5.41. The van der Waals surface area contributed by atoms with Crippen LogP contribution in [0.5, 0.6) is 0 Å². The van der Waals surface area contributed by atoms with E-state index in [0.717, 1.165) is 4.90 Å². The van der Waals surface area contributed by atoms with Gasteiger partial charge in [0.25, 0.3) is 5.91 Å². The fraction of sp³-hybridized carbons (Fsp3) is 0.519. The molecule has 0 saturated carbocycles. The number of carbonyl (C=O) groups is 3. The van der Waals surface area contributed by atoms with Crippen LogP contribution in [0, 0.1) is 5.92 Å². The van der Waals surface area contributed by atoms with Crippen LogP contribution < -0.4 is 10.6 Å². The lowest BCUT2D eigenvalue weighted by Crippen LogP contribution is -2.44. The van der Waals surface area contributed by atoms with E-state index in [1.807, 2.05) is 41.5 Å². The van der Waals surface area contributed by atoms with E-state index in [4.69, 9.17) is 14.2 Å². The lowest BCUT2D eigenvalue weighted by Gasteiger charge is -2.32. The second kappa shape index (κ2) is 8.77. The maximum atomic E-state index is 14.4. The van der Waals surface area contributed by atoms with Crippen molar-refractivity contribution in [1.82, 2.24) is 9.55 Å². The van der Waals surface area contributed by atoms with E-state index in [1.165, 1.54) is 29.8 Å². The Labute approximate surface area is 223 Å². The third kappa shape index (κ3) is 4.47. The minimum absolute atomic E-state index is 0.0429. The number of ether oxygens (including phenoxy) is 3. The predicted octanol–water partition coefficient (Wildman–Crippen LogP) is 1.98. The minimum Gasteiger partial charge on any atom is -0.374 e. The molecular weight excluding hydrogens is 506 g/mol. The first-order chi connectivity index (χ1) is 17.6. The van der Waals surface area contributed by atoms with Crippen molar-refractivity contribution in [3.63, 3.8) is 0 Å². The summed E-state index contributed by atoms with van der Waals surface area (Å²) in [4.78, 5) is 58.8. The van der Waals surface area contributed by atoms with E-state index in [9.17, 15) is 19.2 Å².